The minimum absolute atomic E-state index is 0.0806. The predicted molar refractivity (Wildman–Crippen MR) is 131 cm³/mol. The van der Waals surface area contributed by atoms with Crippen molar-refractivity contribution < 1.29 is 9.53 Å². The summed E-state index contributed by atoms with van der Waals surface area (Å²) < 4.78 is 5.42. The van der Waals surface area contributed by atoms with Crippen LogP contribution < -0.4 is 4.90 Å². The Balaban J connectivity index is 1.21. The molecule has 0 N–H and O–H groups in total. The Bertz CT molecular complexity index is 1140. The summed E-state index contributed by atoms with van der Waals surface area (Å²) in [5.41, 5.74) is 4.41. The van der Waals surface area contributed by atoms with Gasteiger partial charge in [0, 0.05) is 43.6 Å². The highest BCUT2D eigenvalue weighted by Crippen LogP contribution is 2.26. The summed E-state index contributed by atoms with van der Waals surface area (Å²) in [7, 11) is 0. The second-order valence-corrected chi connectivity index (χ2v) is 9.49. The summed E-state index contributed by atoms with van der Waals surface area (Å²) in [6.45, 7) is 4.42. The minimum atomic E-state index is 0.0806. The molecule has 0 spiro atoms. The number of benzene rings is 2. The number of morpholine rings is 1. The van der Waals surface area contributed by atoms with Crippen LogP contribution in [0.15, 0.2) is 59.8 Å². The van der Waals surface area contributed by atoms with Gasteiger partial charge >= 0.3 is 0 Å². The lowest BCUT2D eigenvalue weighted by Crippen LogP contribution is -2.36. The molecule has 1 aromatic heterocycles. The van der Waals surface area contributed by atoms with E-state index in [0.717, 1.165) is 43.0 Å². The number of fused-ring (bicyclic) bond motifs is 1. The Morgan fingerprint density at radius 2 is 1.76 bits per heavy atom. The second kappa shape index (κ2) is 10.1. The van der Waals surface area contributed by atoms with Crippen LogP contribution in [-0.2, 0) is 23.5 Å². The van der Waals surface area contributed by atoms with E-state index in [2.05, 4.69) is 33.1 Å². The van der Waals surface area contributed by atoms with Crippen molar-refractivity contribution in [1.29, 1.82) is 0 Å². The quantitative estimate of drug-likeness (QED) is 0.305. The number of anilines is 1. The zero-order valence-corrected chi connectivity index (χ0v) is 19.8. The normalized spacial score (nSPS) is 15.9. The first-order valence-corrected chi connectivity index (χ1v) is 12.5. The molecular formula is C25H25ClN4O2S. The maximum atomic E-state index is 13.0. The van der Waals surface area contributed by atoms with Gasteiger partial charge in [-0.25, -0.2) is 9.97 Å². The molecule has 6 nitrogen and oxygen atoms in total. The fourth-order valence-corrected chi connectivity index (χ4v) is 5.18. The molecule has 3 heterocycles. The molecule has 1 fully saturated rings. The molecule has 2 aliphatic rings. The van der Waals surface area contributed by atoms with Gasteiger partial charge in [0.25, 0.3) is 5.91 Å². The van der Waals surface area contributed by atoms with Crippen LogP contribution in [0, 0.1) is 0 Å². The van der Waals surface area contributed by atoms with E-state index >= 15 is 0 Å². The molecule has 3 aromatic rings. The van der Waals surface area contributed by atoms with Crippen molar-refractivity contribution in [2.75, 3.05) is 37.7 Å². The minimum Gasteiger partial charge on any atom is -0.378 e. The molecule has 1 amide bonds. The number of nitrogens with zero attached hydrogens (tertiary/aromatic N) is 4. The van der Waals surface area contributed by atoms with Gasteiger partial charge in [-0.3, -0.25) is 4.79 Å². The summed E-state index contributed by atoms with van der Waals surface area (Å²) in [6.07, 6.45) is 0.905. The standard InChI is InChI=1S/C25H25ClN4O2S/c26-22-15-23(29-11-13-32-14-12-29)28-25(27-22)33-17-18-5-7-20(8-6-18)24(31)30-10-9-19-3-1-2-4-21(19)16-30/h1-8,15H,9-14,16-17H2. The van der Waals surface area contributed by atoms with E-state index in [1.165, 1.54) is 11.1 Å². The zero-order valence-electron chi connectivity index (χ0n) is 18.2. The molecule has 170 valence electrons. The third-order valence-corrected chi connectivity index (χ3v) is 7.09. The van der Waals surface area contributed by atoms with E-state index in [-0.39, 0.29) is 5.91 Å². The molecular weight excluding hydrogens is 456 g/mol. The van der Waals surface area contributed by atoms with Crippen LogP contribution in [0.2, 0.25) is 5.15 Å². The first-order chi connectivity index (χ1) is 16.2. The number of halogens is 1. The number of thioether (sulfide) groups is 1. The van der Waals surface area contributed by atoms with E-state index in [1.54, 1.807) is 17.8 Å². The molecule has 0 aliphatic carbocycles. The van der Waals surface area contributed by atoms with Gasteiger partial charge < -0.3 is 14.5 Å². The Hall–Kier alpha value is -2.61. The largest absolute Gasteiger partial charge is 0.378 e. The smallest absolute Gasteiger partial charge is 0.254 e. The number of ether oxygens (including phenoxy) is 1. The second-order valence-electron chi connectivity index (χ2n) is 8.16. The molecule has 0 radical (unpaired) electrons. The Labute approximate surface area is 202 Å². The van der Waals surface area contributed by atoms with Crippen LogP contribution in [0.25, 0.3) is 0 Å². The molecule has 2 aromatic carbocycles. The molecule has 0 bridgehead atoms. The van der Waals surface area contributed by atoms with Crippen molar-refractivity contribution >= 4 is 35.1 Å². The molecule has 5 rings (SSSR count). The summed E-state index contributed by atoms with van der Waals surface area (Å²) in [5.74, 6) is 1.62. The first-order valence-electron chi connectivity index (χ1n) is 11.1. The van der Waals surface area contributed by atoms with Crippen molar-refractivity contribution in [1.82, 2.24) is 14.9 Å². The molecule has 33 heavy (non-hydrogen) atoms. The number of carbonyl (C=O) groups is 1. The summed E-state index contributed by atoms with van der Waals surface area (Å²) in [4.78, 5) is 26.1. The molecule has 0 unspecified atom stereocenters. The predicted octanol–water partition coefficient (Wildman–Crippen LogP) is 4.46. The lowest BCUT2D eigenvalue weighted by molar-refractivity contribution is 0.0734. The van der Waals surface area contributed by atoms with E-state index in [9.17, 15) is 4.79 Å². The van der Waals surface area contributed by atoms with Gasteiger partial charge in [0.15, 0.2) is 5.16 Å². The number of hydrogen-bond acceptors (Lipinski definition) is 6. The third kappa shape index (κ3) is 5.32. The molecule has 1 saturated heterocycles. The molecule has 2 aliphatic heterocycles. The molecule has 0 atom stereocenters. The van der Waals surface area contributed by atoms with Crippen LogP contribution in [0.5, 0.6) is 0 Å². The topological polar surface area (TPSA) is 58.6 Å². The highest BCUT2D eigenvalue weighted by molar-refractivity contribution is 7.98. The lowest BCUT2D eigenvalue weighted by atomic mass is 9.99. The van der Waals surface area contributed by atoms with Crippen molar-refractivity contribution in [3.8, 4) is 0 Å². The zero-order chi connectivity index (χ0) is 22.6. The van der Waals surface area contributed by atoms with Gasteiger partial charge in [-0.15, -0.1) is 0 Å². The average molecular weight is 481 g/mol. The fraction of sp³-hybridized carbons (Fsp3) is 0.320. The van der Waals surface area contributed by atoms with E-state index in [4.69, 9.17) is 16.3 Å². The van der Waals surface area contributed by atoms with Crippen molar-refractivity contribution in [3.05, 3.63) is 82.0 Å². The van der Waals surface area contributed by atoms with Crippen LogP contribution in [-0.4, -0.2) is 53.6 Å². The van der Waals surface area contributed by atoms with Gasteiger partial charge in [0.1, 0.15) is 11.0 Å². The summed E-state index contributed by atoms with van der Waals surface area (Å²) in [6, 6.07) is 18.0. The van der Waals surface area contributed by atoms with Crippen molar-refractivity contribution in [3.63, 3.8) is 0 Å². The Kier molecular flexibility index (Phi) is 6.80. The third-order valence-electron chi connectivity index (χ3n) is 5.98. The molecule has 0 saturated carbocycles. The maximum Gasteiger partial charge on any atom is 0.254 e. The van der Waals surface area contributed by atoms with E-state index < -0.39 is 0 Å². The van der Waals surface area contributed by atoms with Crippen LogP contribution >= 0.6 is 23.4 Å². The Morgan fingerprint density at radius 3 is 2.55 bits per heavy atom. The van der Waals surface area contributed by atoms with E-state index in [0.29, 0.717) is 35.8 Å². The monoisotopic (exact) mass is 480 g/mol. The first kappa shape index (κ1) is 22.2. The van der Waals surface area contributed by atoms with E-state index in [1.807, 2.05) is 35.2 Å². The summed E-state index contributed by atoms with van der Waals surface area (Å²) in [5, 5.41) is 1.09. The average Bonchev–Trinajstić information content (AvgIpc) is 2.87. The summed E-state index contributed by atoms with van der Waals surface area (Å²) >= 11 is 7.79. The highest BCUT2D eigenvalue weighted by atomic mass is 35.5. The number of rotatable bonds is 5. The number of aromatic nitrogens is 2. The van der Waals surface area contributed by atoms with Gasteiger partial charge in [0.05, 0.1) is 13.2 Å². The van der Waals surface area contributed by atoms with Crippen LogP contribution in [0.1, 0.15) is 27.0 Å². The van der Waals surface area contributed by atoms with Gasteiger partial charge in [-0.1, -0.05) is 59.8 Å². The van der Waals surface area contributed by atoms with Gasteiger partial charge in [-0.2, -0.15) is 0 Å². The lowest BCUT2D eigenvalue weighted by Gasteiger charge is -2.29. The number of hydrogen-bond donors (Lipinski definition) is 0. The Morgan fingerprint density at radius 1 is 1.00 bits per heavy atom. The van der Waals surface area contributed by atoms with Crippen molar-refractivity contribution in [2.45, 2.75) is 23.9 Å². The van der Waals surface area contributed by atoms with Gasteiger partial charge in [0.2, 0.25) is 0 Å². The number of amides is 1. The number of carbonyl (C=O) groups excluding carboxylic acids is 1. The fourth-order valence-electron chi connectivity index (χ4n) is 4.15. The van der Waals surface area contributed by atoms with Crippen LogP contribution in [0.3, 0.4) is 0 Å². The van der Waals surface area contributed by atoms with Crippen molar-refractivity contribution in [2.24, 2.45) is 0 Å². The van der Waals surface area contributed by atoms with Gasteiger partial charge in [-0.05, 0) is 35.2 Å². The van der Waals surface area contributed by atoms with Crippen LogP contribution in [0.4, 0.5) is 5.82 Å². The maximum absolute atomic E-state index is 13.0. The highest BCUT2D eigenvalue weighted by Gasteiger charge is 2.21. The molecule has 8 heteroatoms. The SMILES string of the molecule is O=C(c1ccc(CSc2nc(Cl)cc(N3CCOCC3)n2)cc1)N1CCc2ccccc2C1.